The Kier molecular flexibility index (Phi) is 7.02. The van der Waals surface area contributed by atoms with E-state index in [-0.39, 0.29) is 11.8 Å². The second-order valence-corrected chi connectivity index (χ2v) is 6.85. The number of benzene rings is 3. The highest BCUT2D eigenvalue weighted by Crippen LogP contribution is 2.27. The van der Waals surface area contributed by atoms with Crippen molar-refractivity contribution in [1.29, 1.82) is 5.26 Å². The molecule has 1 amide bonds. The molecule has 4 heteroatoms. The molecule has 0 spiro atoms. The van der Waals surface area contributed by atoms with Gasteiger partial charge >= 0.3 is 0 Å². The molecule has 146 valence electrons. The lowest BCUT2D eigenvalue weighted by atomic mass is 9.88. The molecule has 0 aliphatic heterocycles. The highest BCUT2D eigenvalue weighted by molar-refractivity contribution is 5.80. The molecule has 0 aromatic heterocycles. The van der Waals surface area contributed by atoms with E-state index in [0.29, 0.717) is 17.9 Å². The first-order chi connectivity index (χ1) is 14.2. The lowest BCUT2D eigenvalue weighted by Gasteiger charge is -2.20. The molecule has 3 rings (SSSR count). The predicted octanol–water partition coefficient (Wildman–Crippen LogP) is 4.66. The molecule has 0 saturated heterocycles. The van der Waals surface area contributed by atoms with Crippen molar-refractivity contribution < 1.29 is 9.53 Å². The summed E-state index contributed by atoms with van der Waals surface area (Å²) >= 11 is 0. The molecule has 1 atom stereocenters. The van der Waals surface area contributed by atoms with Crippen LogP contribution in [0, 0.1) is 11.3 Å². The Morgan fingerprint density at radius 3 is 2.17 bits per heavy atom. The highest BCUT2D eigenvalue weighted by Gasteiger charge is 2.17. The molecule has 0 aliphatic carbocycles. The smallest absolute Gasteiger partial charge is 0.260 e. The number of amides is 1. The van der Waals surface area contributed by atoms with E-state index in [9.17, 15) is 4.79 Å². The van der Waals surface area contributed by atoms with Crippen LogP contribution < -0.4 is 10.1 Å². The standard InChI is InChI=1S/C25H24N2O2/c1-19(29-23-14-8-9-20(17-23)18-26)25(28)27-16-15-24(21-10-4-2-5-11-21)22-12-6-3-7-13-22/h2-14,17,19,24H,15-16H2,1H3,(H,27,28). The van der Waals surface area contributed by atoms with Crippen molar-refractivity contribution in [1.82, 2.24) is 5.32 Å². The zero-order valence-electron chi connectivity index (χ0n) is 16.4. The highest BCUT2D eigenvalue weighted by atomic mass is 16.5. The van der Waals surface area contributed by atoms with Crippen LogP contribution in [0.5, 0.6) is 5.75 Å². The van der Waals surface area contributed by atoms with Crippen LogP contribution in [0.1, 0.15) is 36.0 Å². The number of carbonyl (C=O) groups is 1. The lowest BCUT2D eigenvalue weighted by Crippen LogP contribution is -2.37. The Hall–Kier alpha value is -3.58. The quantitative estimate of drug-likeness (QED) is 0.614. The van der Waals surface area contributed by atoms with Gasteiger partial charge in [-0.05, 0) is 42.7 Å². The minimum absolute atomic E-state index is 0.174. The second kappa shape index (κ2) is 10.1. The number of ether oxygens (including phenoxy) is 1. The minimum atomic E-state index is -0.643. The van der Waals surface area contributed by atoms with Gasteiger partial charge in [-0.15, -0.1) is 0 Å². The topological polar surface area (TPSA) is 62.1 Å². The summed E-state index contributed by atoms with van der Waals surface area (Å²) in [5.41, 5.74) is 2.96. The molecule has 4 nitrogen and oxygen atoms in total. The zero-order valence-corrected chi connectivity index (χ0v) is 16.4. The molecule has 0 saturated carbocycles. The number of nitrogens with zero attached hydrogens (tertiary/aromatic N) is 1. The van der Waals surface area contributed by atoms with Gasteiger partial charge in [-0.3, -0.25) is 4.79 Å². The summed E-state index contributed by atoms with van der Waals surface area (Å²) in [6.07, 6.45) is 0.145. The molecule has 0 heterocycles. The van der Waals surface area contributed by atoms with E-state index in [1.54, 1.807) is 31.2 Å². The van der Waals surface area contributed by atoms with Crippen molar-refractivity contribution in [3.63, 3.8) is 0 Å². The van der Waals surface area contributed by atoms with Gasteiger partial charge in [-0.25, -0.2) is 0 Å². The largest absolute Gasteiger partial charge is 0.481 e. The molecule has 3 aromatic carbocycles. The fourth-order valence-electron chi connectivity index (χ4n) is 3.28. The summed E-state index contributed by atoms with van der Waals surface area (Å²) in [7, 11) is 0. The van der Waals surface area contributed by atoms with Crippen LogP contribution in [0.15, 0.2) is 84.9 Å². The molecule has 1 N–H and O–H groups in total. The van der Waals surface area contributed by atoms with Gasteiger partial charge in [0.1, 0.15) is 5.75 Å². The van der Waals surface area contributed by atoms with Crippen LogP contribution in [0.4, 0.5) is 0 Å². The van der Waals surface area contributed by atoms with Gasteiger partial charge in [-0.2, -0.15) is 5.26 Å². The van der Waals surface area contributed by atoms with Crippen LogP contribution in [0.2, 0.25) is 0 Å². The third-order valence-electron chi connectivity index (χ3n) is 4.78. The van der Waals surface area contributed by atoms with Crippen molar-refractivity contribution in [3.05, 3.63) is 102 Å². The molecule has 3 aromatic rings. The zero-order chi connectivity index (χ0) is 20.5. The van der Waals surface area contributed by atoms with Gasteiger partial charge in [0.05, 0.1) is 11.6 Å². The van der Waals surface area contributed by atoms with Crippen molar-refractivity contribution in [2.45, 2.75) is 25.4 Å². The fourth-order valence-corrected chi connectivity index (χ4v) is 3.28. The number of hydrogen-bond acceptors (Lipinski definition) is 3. The van der Waals surface area contributed by atoms with Gasteiger partial charge in [0.25, 0.3) is 5.91 Å². The van der Waals surface area contributed by atoms with E-state index in [1.807, 2.05) is 36.4 Å². The Morgan fingerprint density at radius 1 is 0.966 bits per heavy atom. The lowest BCUT2D eigenvalue weighted by molar-refractivity contribution is -0.127. The first-order valence-electron chi connectivity index (χ1n) is 9.72. The van der Waals surface area contributed by atoms with Gasteiger partial charge in [-0.1, -0.05) is 66.7 Å². The third-order valence-corrected chi connectivity index (χ3v) is 4.78. The Labute approximate surface area is 171 Å². The summed E-state index contributed by atoms with van der Waals surface area (Å²) in [6.45, 7) is 2.25. The molecule has 29 heavy (non-hydrogen) atoms. The first-order valence-corrected chi connectivity index (χ1v) is 9.72. The van der Waals surface area contributed by atoms with Crippen molar-refractivity contribution in [3.8, 4) is 11.8 Å². The molecular weight excluding hydrogens is 360 g/mol. The summed E-state index contributed by atoms with van der Waals surface area (Å²) in [5, 5.41) is 11.9. The summed E-state index contributed by atoms with van der Waals surface area (Å²) in [5.74, 6) is 0.548. The second-order valence-electron chi connectivity index (χ2n) is 6.85. The Bertz CT molecular complexity index is 925. The predicted molar refractivity (Wildman–Crippen MR) is 114 cm³/mol. The molecule has 0 radical (unpaired) electrons. The summed E-state index contributed by atoms with van der Waals surface area (Å²) < 4.78 is 5.68. The molecule has 0 fully saturated rings. The Morgan fingerprint density at radius 2 is 1.59 bits per heavy atom. The number of hydrogen-bond donors (Lipinski definition) is 1. The average Bonchev–Trinajstić information content (AvgIpc) is 2.78. The SMILES string of the molecule is CC(Oc1cccc(C#N)c1)C(=O)NCCC(c1ccccc1)c1ccccc1. The Balaban J connectivity index is 1.59. The van der Waals surface area contributed by atoms with Crippen molar-refractivity contribution >= 4 is 5.91 Å². The van der Waals surface area contributed by atoms with E-state index in [1.165, 1.54) is 11.1 Å². The average molecular weight is 384 g/mol. The number of rotatable bonds is 8. The summed E-state index contributed by atoms with van der Waals surface area (Å²) in [4.78, 5) is 12.5. The van der Waals surface area contributed by atoms with Gasteiger partial charge in [0.15, 0.2) is 6.10 Å². The van der Waals surface area contributed by atoms with E-state index < -0.39 is 6.10 Å². The first kappa shape index (κ1) is 20.2. The van der Waals surface area contributed by atoms with Crippen molar-refractivity contribution in [2.24, 2.45) is 0 Å². The molecule has 1 unspecified atom stereocenters. The number of carbonyl (C=O) groups excluding carboxylic acids is 1. The van der Waals surface area contributed by atoms with Crippen LogP contribution in [0.25, 0.3) is 0 Å². The van der Waals surface area contributed by atoms with Gasteiger partial charge < -0.3 is 10.1 Å². The molecule has 0 aliphatic rings. The van der Waals surface area contributed by atoms with E-state index in [4.69, 9.17) is 10.00 Å². The maximum absolute atomic E-state index is 12.5. The summed E-state index contributed by atoms with van der Waals surface area (Å²) in [6, 6.07) is 29.5. The maximum Gasteiger partial charge on any atom is 0.260 e. The normalized spacial score (nSPS) is 11.5. The van der Waals surface area contributed by atoms with Crippen LogP contribution in [0.3, 0.4) is 0 Å². The monoisotopic (exact) mass is 384 g/mol. The molecule has 0 bridgehead atoms. The van der Waals surface area contributed by atoms with Crippen LogP contribution >= 0.6 is 0 Å². The van der Waals surface area contributed by atoms with Crippen LogP contribution in [-0.4, -0.2) is 18.6 Å². The number of nitrogens with one attached hydrogen (secondary N) is 1. The van der Waals surface area contributed by atoms with E-state index in [2.05, 4.69) is 35.7 Å². The fraction of sp³-hybridized carbons (Fsp3) is 0.200. The van der Waals surface area contributed by atoms with Crippen LogP contribution in [-0.2, 0) is 4.79 Å². The van der Waals surface area contributed by atoms with E-state index >= 15 is 0 Å². The maximum atomic E-state index is 12.5. The van der Waals surface area contributed by atoms with Gasteiger partial charge in [0.2, 0.25) is 0 Å². The third kappa shape index (κ3) is 5.70. The minimum Gasteiger partial charge on any atom is -0.481 e. The van der Waals surface area contributed by atoms with Gasteiger partial charge in [0, 0.05) is 12.5 Å². The number of nitriles is 1. The van der Waals surface area contributed by atoms with E-state index in [0.717, 1.165) is 6.42 Å². The molecular formula is C25H24N2O2. The van der Waals surface area contributed by atoms with Crippen molar-refractivity contribution in [2.75, 3.05) is 6.54 Å².